The maximum Gasteiger partial charge on any atom is 0.230 e. The normalized spacial score (nSPS) is 15.9. The summed E-state index contributed by atoms with van der Waals surface area (Å²) >= 11 is 1.40. The van der Waals surface area contributed by atoms with Crippen molar-refractivity contribution >= 4 is 17.7 Å². The summed E-state index contributed by atoms with van der Waals surface area (Å²) in [7, 11) is 0. The van der Waals surface area contributed by atoms with Crippen molar-refractivity contribution in [3.63, 3.8) is 0 Å². The van der Waals surface area contributed by atoms with Crippen LogP contribution in [0.15, 0.2) is 47.5 Å². The van der Waals surface area contributed by atoms with Crippen LogP contribution in [0.5, 0.6) is 0 Å². The molecule has 0 unspecified atom stereocenters. The average molecular weight is 394 g/mol. The molecule has 0 spiro atoms. The summed E-state index contributed by atoms with van der Waals surface area (Å²) in [5.74, 6) is 1.03. The average Bonchev–Trinajstić information content (AvgIpc) is 3.05. The van der Waals surface area contributed by atoms with Crippen LogP contribution in [0.4, 0.5) is 0 Å². The van der Waals surface area contributed by atoms with Crippen LogP contribution in [0.1, 0.15) is 41.4 Å². The number of hydrogen-bond donors (Lipinski definition) is 1. The van der Waals surface area contributed by atoms with Gasteiger partial charge < -0.3 is 5.32 Å². The molecule has 0 saturated heterocycles. The van der Waals surface area contributed by atoms with Gasteiger partial charge in [0.25, 0.3) is 0 Å². The Morgan fingerprint density at radius 2 is 2.07 bits per heavy atom. The maximum atomic E-state index is 12.4. The molecule has 0 radical (unpaired) electrons. The summed E-state index contributed by atoms with van der Waals surface area (Å²) in [6, 6.07) is 14.2. The van der Waals surface area contributed by atoms with E-state index >= 15 is 0 Å². The number of thioether (sulfide) groups is 1. The van der Waals surface area contributed by atoms with Crippen LogP contribution < -0.4 is 5.32 Å². The Kier molecular flexibility index (Phi) is 5.43. The highest BCUT2D eigenvalue weighted by molar-refractivity contribution is 7.99. The molecule has 28 heavy (non-hydrogen) atoms. The number of aryl methyl sites for hydroxylation is 3. The number of nitrogens with one attached hydrogen (secondary N) is 1. The van der Waals surface area contributed by atoms with Gasteiger partial charge in [0, 0.05) is 5.69 Å². The van der Waals surface area contributed by atoms with Crippen molar-refractivity contribution in [3.05, 3.63) is 65.0 Å². The third kappa shape index (κ3) is 4.09. The minimum Gasteiger partial charge on any atom is -0.349 e. The highest BCUT2D eigenvalue weighted by Crippen LogP contribution is 2.29. The van der Waals surface area contributed by atoms with Crippen molar-refractivity contribution in [1.82, 2.24) is 25.3 Å². The number of benzene rings is 1. The van der Waals surface area contributed by atoms with Crippen molar-refractivity contribution < 1.29 is 4.79 Å². The molecule has 0 fully saturated rings. The quantitative estimate of drug-likeness (QED) is 0.671. The van der Waals surface area contributed by atoms with E-state index in [9.17, 15) is 4.79 Å². The fourth-order valence-electron chi connectivity index (χ4n) is 3.64. The van der Waals surface area contributed by atoms with Crippen molar-refractivity contribution in [3.8, 4) is 5.82 Å². The molecule has 1 amide bonds. The number of nitrogens with zero attached hydrogens (tertiary/aromatic N) is 4. The molecular formula is C21H23N5OS. The molecule has 1 N–H and O–H groups in total. The van der Waals surface area contributed by atoms with Gasteiger partial charge in [0.15, 0.2) is 5.82 Å². The minimum atomic E-state index is 0.0242. The van der Waals surface area contributed by atoms with E-state index in [1.54, 1.807) is 4.68 Å². The fourth-order valence-corrected chi connectivity index (χ4v) is 4.27. The predicted octanol–water partition coefficient (Wildman–Crippen LogP) is 3.57. The maximum absolute atomic E-state index is 12.4. The Balaban J connectivity index is 1.35. The standard InChI is InChI=1S/C21H23N5OS/c1-14-12-15(2)26(25-14)19-10-11-21(24-23-19)28-13-20(27)22-18-9-5-7-16-6-3-4-8-17(16)18/h3-4,6,8,10-12,18H,5,7,9,13H2,1-2H3,(H,22,27)/t18-/m1/s1. The third-order valence-corrected chi connectivity index (χ3v) is 5.83. The van der Waals surface area contributed by atoms with Crippen molar-refractivity contribution in [2.45, 2.75) is 44.2 Å². The number of carbonyl (C=O) groups is 1. The summed E-state index contributed by atoms with van der Waals surface area (Å²) in [6.45, 7) is 3.93. The largest absolute Gasteiger partial charge is 0.349 e. The van der Waals surface area contributed by atoms with Crippen LogP contribution in [0.3, 0.4) is 0 Å². The molecule has 4 rings (SSSR count). The third-order valence-electron chi connectivity index (χ3n) is 4.91. The molecule has 7 heteroatoms. The summed E-state index contributed by atoms with van der Waals surface area (Å²) in [5.41, 5.74) is 4.55. The van der Waals surface area contributed by atoms with Gasteiger partial charge in [-0.3, -0.25) is 4.79 Å². The Labute approximate surface area is 168 Å². The summed E-state index contributed by atoms with van der Waals surface area (Å²) < 4.78 is 1.77. The van der Waals surface area contributed by atoms with Gasteiger partial charge in [0.05, 0.1) is 17.5 Å². The second-order valence-electron chi connectivity index (χ2n) is 7.07. The van der Waals surface area contributed by atoms with E-state index in [1.165, 1.54) is 22.9 Å². The Morgan fingerprint density at radius 3 is 2.82 bits per heavy atom. The SMILES string of the molecule is Cc1cc(C)n(-c2ccc(SCC(=O)N[C@@H]3CCCc4ccccc43)nn2)n1. The van der Waals surface area contributed by atoms with Gasteiger partial charge in [0.1, 0.15) is 5.03 Å². The summed E-state index contributed by atoms with van der Waals surface area (Å²) in [5, 5.41) is 16.8. The monoisotopic (exact) mass is 393 g/mol. The zero-order chi connectivity index (χ0) is 19.5. The van der Waals surface area contributed by atoms with E-state index in [0.717, 1.165) is 35.7 Å². The van der Waals surface area contributed by atoms with E-state index in [4.69, 9.17) is 0 Å². The number of fused-ring (bicyclic) bond motifs is 1. The Morgan fingerprint density at radius 1 is 1.21 bits per heavy atom. The van der Waals surface area contributed by atoms with Crippen molar-refractivity contribution in [2.75, 3.05) is 5.75 Å². The Hall–Kier alpha value is -2.67. The first kappa shape index (κ1) is 18.7. The highest BCUT2D eigenvalue weighted by atomic mass is 32.2. The summed E-state index contributed by atoms with van der Waals surface area (Å²) in [4.78, 5) is 12.4. The molecule has 3 aromatic rings. The topological polar surface area (TPSA) is 72.7 Å². The molecular weight excluding hydrogens is 370 g/mol. The molecule has 6 nitrogen and oxygen atoms in total. The van der Waals surface area contributed by atoms with Crippen LogP contribution in [0.25, 0.3) is 5.82 Å². The lowest BCUT2D eigenvalue weighted by Crippen LogP contribution is -2.32. The molecule has 1 aliphatic carbocycles. The fraction of sp³-hybridized carbons (Fsp3) is 0.333. The minimum absolute atomic E-state index is 0.0242. The molecule has 1 aromatic carbocycles. The van der Waals surface area contributed by atoms with Crippen LogP contribution in [0, 0.1) is 13.8 Å². The molecule has 0 aliphatic heterocycles. The first-order valence-corrected chi connectivity index (χ1v) is 10.5. The molecule has 2 aromatic heterocycles. The van der Waals surface area contributed by atoms with Gasteiger partial charge in [-0.05, 0) is 62.4 Å². The van der Waals surface area contributed by atoms with E-state index in [2.05, 4.69) is 38.8 Å². The molecule has 1 atom stereocenters. The molecule has 144 valence electrons. The molecule has 0 bridgehead atoms. The first-order valence-electron chi connectivity index (χ1n) is 9.47. The molecule has 2 heterocycles. The van der Waals surface area contributed by atoms with Gasteiger partial charge in [-0.1, -0.05) is 36.0 Å². The van der Waals surface area contributed by atoms with Gasteiger partial charge in [-0.2, -0.15) is 5.10 Å². The van der Waals surface area contributed by atoms with Crippen LogP contribution >= 0.6 is 11.8 Å². The van der Waals surface area contributed by atoms with Crippen LogP contribution in [-0.2, 0) is 11.2 Å². The molecule has 1 aliphatic rings. The van der Waals surface area contributed by atoms with E-state index in [0.29, 0.717) is 11.6 Å². The Bertz CT molecular complexity index is 983. The number of carbonyl (C=O) groups excluding carboxylic acids is 1. The number of amides is 1. The van der Waals surface area contributed by atoms with Crippen molar-refractivity contribution in [1.29, 1.82) is 0 Å². The van der Waals surface area contributed by atoms with Crippen molar-refractivity contribution in [2.24, 2.45) is 0 Å². The van der Waals surface area contributed by atoms with Crippen LogP contribution in [-0.4, -0.2) is 31.6 Å². The van der Waals surface area contributed by atoms with E-state index in [1.807, 2.05) is 38.1 Å². The lowest BCUT2D eigenvalue weighted by atomic mass is 9.88. The van der Waals surface area contributed by atoms with E-state index < -0.39 is 0 Å². The predicted molar refractivity (Wildman–Crippen MR) is 110 cm³/mol. The number of aromatic nitrogens is 4. The second kappa shape index (κ2) is 8.14. The summed E-state index contributed by atoms with van der Waals surface area (Å²) in [6.07, 6.45) is 3.19. The second-order valence-corrected chi connectivity index (χ2v) is 8.06. The van der Waals surface area contributed by atoms with Gasteiger partial charge >= 0.3 is 0 Å². The lowest BCUT2D eigenvalue weighted by Gasteiger charge is -2.26. The lowest BCUT2D eigenvalue weighted by molar-refractivity contribution is -0.119. The van der Waals surface area contributed by atoms with Crippen LogP contribution in [0.2, 0.25) is 0 Å². The zero-order valence-corrected chi connectivity index (χ0v) is 16.9. The number of hydrogen-bond acceptors (Lipinski definition) is 5. The van der Waals surface area contributed by atoms with E-state index in [-0.39, 0.29) is 11.9 Å². The number of rotatable bonds is 5. The highest BCUT2D eigenvalue weighted by Gasteiger charge is 2.21. The van der Waals surface area contributed by atoms with Gasteiger partial charge in [-0.25, -0.2) is 4.68 Å². The smallest absolute Gasteiger partial charge is 0.230 e. The zero-order valence-electron chi connectivity index (χ0n) is 16.1. The first-order chi connectivity index (χ1) is 13.6. The van der Waals surface area contributed by atoms with Gasteiger partial charge in [-0.15, -0.1) is 10.2 Å². The molecule has 0 saturated carbocycles. The van der Waals surface area contributed by atoms with Gasteiger partial charge in [0.2, 0.25) is 5.91 Å².